The largest absolute Gasteiger partial charge is 0.493 e. The third-order valence-corrected chi connectivity index (χ3v) is 4.32. The van der Waals surface area contributed by atoms with Crippen LogP contribution in [0.2, 0.25) is 0 Å². The molecule has 0 atom stereocenters. The average molecular weight is 382 g/mol. The number of fused-ring (bicyclic) bond motifs is 1. The molecule has 0 spiro atoms. The van der Waals surface area contributed by atoms with E-state index in [1.165, 1.54) is 10.5 Å². The van der Waals surface area contributed by atoms with Gasteiger partial charge in [0.1, 0.15) is 12.3 Å². The zero-order valence-corrected chi connectivity index (χ0v) is 16.1. The molecule has 0 fully saturated rings. The first-order chi connectivity index (χ1) is 13.5. The number of aromatic nitrogens is 2. The Kier molecular flexibility index (Phi) is 5.93. The highest BCUT2D eigenvalue weighted by molar-refractivity contribution is 5.70. The summed E-state index contributed by atoms with van der Waals surface area (Å²) in [6.07, 6.45) is 2.35. The van der Waals surface area contributed by atoms with Gasteiger partial charge in [-0.25, -0.2) is 4.98 Å². The number of hydrogen-bond donors (Lipinski definition) is 0. The van der Waals surface area contributed by atoms with Gasteiger partial charge in [-0.1, -0.05) is 18.2 Å². The van der Waals surface area contributed by atoms with Crippen molar-refractivity contribution < 1.29 is 19.0 Å². The van der Waals surface area contributed by atoms with Crippen LogP contribution in [0.3, 0.4) is 0 Å². The summed E-state index contributed by atoms with van der Waals surface area (Å²) in [7, 11) is 3.13. The Labute approximate surface area is 162 Å². The molecule has 3 aromatic rings. The minimum absolute atomic E-state index is 0.0479. The highest BCUT2D eigenvalue weighted by atomic mass is 16.5. The predicted octanol–water partition coefficient (Wildman–Crippen LogP) is 2.70. The molecule has 2 aromatic heterocycles. The van der Waals surface area contributed by atoms with Crippen molar-refractivity contribution in [3.05, 3.63) is 69.8 Å². The van der Waals surface area contributed by atoms with E-state index in [0.29, 0.717) is 29.3 Å². The highest BCUT2D eigenvalue weighted by Crippen LogP contribution is 2.31. The second-order valence-corrected chi connectivity index (χ2v) is 6.33. The number of carbonyl (C=O) groups is 1. The molecule has 3 rings (SSSR count). The van der Waals surface area contributed by atoms with E-state index in [-0.39, 0.29) is 24.6 Å². The lowest BCUT2D eigenvalue weighted by Gasteiger charge is -2.12. The molecule has 0 radical (unpaired) electrons. The van der Waals surface area contributed by atoms with E-state index >= 15 is 0 Å². The average Bonchev–Trinajstić information content (AvgIpc) is 2.70. The zero-order valence-electron chi connectivity index (χ0n) is 16.1. The fourth-order valence-electron chi connectivity index (χ4n) is 2.95. The standard InChI is InChI=1S/C21H22N2O5/c1-14-7-9-18-22-16(11-19(24)23(18)12-14)13-28-20(25)10-8-15-5-4-6-17(26-2)21(15)27-3/h4-7,9,11-12H,8,10,13H2,1-3H3. The van der Waals surface area contributed by atoms with Crippen LogP contribution in [0.5, 0.6) is 11.5 Å². The SMILES string of the molecule is COc1cccc(CCC(=O)OCc2cc(=O)n3cc(C)ccc3n2)c1OC. The molecule has 2 heterocycles. The molecular formula is C21H22N2O5. The van der Waals surface area contributed by atoms with E-state index in [1.54, 1.807) is 32.5 Å². The number of aryl methyl sites for hydroxylation is 2. The van der Waals surface area contributed by atoms with E-state index in [1.807, 2.05) is 25.1 Å². The first-order valence-electron chi connectivity index (χ1n) is 8.86. The number of para-hydroxylation sites is 1. The Morgan fingerprint density at radius 2 is 1.96 bits per heavy atom. The Balaban J connectivity index is 1.63. The number of pyridine rings is 1. The van der Waals surface area contributed by atoms with Crippen LogP contribution in [-0.2, 0) is 22.6 Å². The maximum absolute atomic E-state index is 12.2. The van der Waals surface area contributed by atoms with Gasteiger partial charge in [0.25, 0.3) is 5.56 Å². The lowest BCUT2D eigenvalue weighted by Crippen LogP contribution is -2.17. The van der Waals surface area contributed by atoms with Gasteiger partial charge in [-0.05, 0) is 36.6 Å². The normalized spacial score (nSPS) is 10.7. The first-order valence-corrected chi connectivity index (χ1v) is 8.86. The number of methoxy groups -OCH3 is 2. The number of nitrogens with zero attached hydrogens (tertiary/aromatic N) is 2. The van der Waals surface area contributed by atoms with Crippen LogP contribution in [-0.4, -0.2) is 29.6 Å². The molecule has 7 nitrogen and oxygen atoms in total. The number of hydrogen-bond acceptors (Lipinski definition) is 6. The summed E-state index contributed by atoms with van der Waals surface area (Å²) >= 11 is 0. The smallest absolute Gasteiger partial charge is 0.306 e. The molecular weight excluding hydrogens is 360 g/mol. The Morgan fingerprint density at radius 3 is 2.71 bits per heavy atom. The molecule has 0 saturated heterocycles. The second kappa shape index (κ2) is 8.56. The third kappa shape index (κ3) is 4.31. The number of carbonyl (C=O) groups excluding carboxylic acids is 1. The quantitative estimate of drug-likeness (QED) is 0.585. The summed E-state index contributed by atoms with van der Waals surface area (Å²) < 4.78 is 17.4. The maximum atomic E-state index is 12.2. The van der Waals surface area contributed by atoms with Crippen molar-refractivity contribution >= 4 is 11.6 Å². The van der Waals surface area contributed by atoms with Crippen LogP contribution >= 0.6 is 0 Å². The van der Waals surface area contributed by atoms with Gasteiger partial charge in [-0.2, -0.15) is 0 Å². The molecule has 0 saturated carbocycles. The minimum Gasteiger partial charge on any atom is -0.493 e. The van der Waals surface area contributed by atoms with Crippen molar-refractivity contribution in [2.75, 3.05) is 14.2 Å². The van der Waals surface area contributed by atoms with Gasteiger partial charge in [-0.3, -0.25) is 14.0 Å². The van der Waals surface area contributed by atoms with Crippen LogP contribution in [0.15, 0.2) is 47.4 Å². The molecule has 0 aliphatic heterocycles. The van der Waals surface area contributed by atoms with Crippen LogP contribution in [0.4, 0.5) is 0 Å². The van der Waals surface area contributed by atoms with Crippen molar-refractivity contribution in [3.63, 3.8) is 0 Å². The van der Waals surface area contributed by atoms with Gasteiger partial charge in [0.05, 0.1) is 19.9 Å². The number of rotatable bonds is 7. The Morgan fingerprint density at radius 1 is 1.14 bits per heavy atom. The third-order valence-electron chi connectivity index (χ3n) is 4.32. The molecule has 0 amide bonds. The molecule has 0 aliphatic rings. The topological polar surface area (TPSA) is 79.1 Å². The summed E-state index contributed by atoms with van der Waals surface area (Å²) in [6, 6.07) is 10.5. The summed E-state index contributed by atoms with van der Waals surface area (Å²) in [5.41, 5.74) is 2.55. The van der Waals surface area contributed by atoms with Crippen molar-refractivity contribution in [1.82, 2.24) is 9.38 Å². The maximum Gasteiger partial charge on any atom is 0.306 e. The fraction of sp³-hybridized carbons (Fsp3) is 0.286. The molecule has 0 N–H and O–H groups in total. The second-order valence-electron chi connectivity index (χ2n) is 6.33. The van der Waals surface area contributed by atoms with E-state index in [9.17, 15) is 9.59 Å². The van der Waals surface area contributed by atoms with Crippen LogP contribution < -0.4 is 15.0 Å². The number of esters is 1. The molecule has 7 heteroatoms. The first kappa shape index (κ1) is 19.4. The van der Waals surface area contributed by atoms with Gasteiger partial charge in [-0.15, -0.1) is 0 Å². The van der Waals surface area contributed by atoms with E-state index < -0.39 is 0 Å². The van der Waals surface area contributed by atoms with E-state index in [2.05, 4.69) is 4.98 Å². The number of ether oxygens (including phenoxy) is 3. The minimum atomic E-state index is -0.379. The molecule has 0 aliphatic carbocycles. The predicted molar refractivity (Wildman–Crippen MR) is 104 cm³/mol. The summed E-state index contributed by atoms with van der Waals surface area (Å²) in [6.45, 7) is 1.85. The molecule has 28 heavy (non-hydrogen) atoms. The molecule has 0 bridgehead atoms. The lowest BCUT2D eigenvalue weighted by molar-refractivity contribution is -0.145. The van der Waals surface area contributed by atoms with Crippen LogP contribution in [0.1, 0.15) is 23.2 Å². The van der Waals surface area contributed by atoms with Gasteiger partial charge in [0, 0.05) is 18.7 Å². The Hall–Kier alpha value is -3.35. The van der Waals surface area contributed by atoms with Gasteiger partial charge >= 0.3 is 5.97 Å². The molecule has 1 aromatic carbocycles. The summed E-state index contributed by atoms with van der Waals surface area (Å²) in [4.78, 5) is 28.7. The monoisotopic (exact) mass is 382 g/mol. The number of benzene rings is 1. The van der Waals surface area contributed by atoms with Gasteiger partial charge in [0.2, 0.25) is 0 Å². The van der Waals surface area contributed by atoms with Crippen molar-refractivity contribution in [2.24, 2.45) is 0 Å². The lowest BCUT2D eigenvalue weighted by atomic mass is 10.1. The zero-order chi connectivity index (χ0) is 20.1. The van der Waals surface area contributed by atoms with Crippen molar-refractivity contribution in [2.45, 2.75) is 26.4 Å². The highest BCUT2D eigenvalue weighted by Gasteiger charge is 2.12. The molecule has 146 valence electrons. The van der Waals surface area contributed by atoms with Gasteiger partial charge < -0.3 is 14.2 Å². The summed E-state index contributed by atoms with van der Waals surface area (Å²) in [5.74, 6) is 0.845. The van der Waals surface area contributed by atoms with Crippen LogP contribution in [0, 0.1) is 6.92 Å². The fourth-order valence-corrected chi connectivity index (χ4v) is 2.95. The van der Waals surface area contributed by atoms with Gasteiger partial charge in [0.15, 0.2) is 11.5 Å². The van der Waals surface area contributed by atoms with Crippen molar-refractivity contribution in [3.8, 4) is 11.5 Å². The van der Waals surface area contributed by atoms with E-state index in [4.69, 9.17) is 14.2 Å². The van der Waals surface area contributed by atoms with Crippen LogP contribution in [0.25, 0.3) is 5.65 Å². The van der Waals surface area contributed by atoms with Crippen molar-refractivity contribution in [1.29, 1.82) is 0 Å². The summed E-state index contributed by atoms with van der Waals surface area (Å²) in [5, 5.41) is 0. The molecule has 0 unspecified atom stereocenters. The Bertz CT molecular complexity index is 1060. The van der Waals surface area contributed by atoms with E-state index in [0.717, 1.165) is 11.1 Å².